The molecule has 1 unspecified atom stereocenters. The molecule has 1 fully saturated rings. The van der Waals surface area contributed by atoms with Gasteiger partial charge in [-0.2, -0.15) is 0 Å². The highest BCUT2D eigenvalue weighted by Crippen LogP contribution is 2.25. The SMILES string of the molecule is CCN(CCNCC(C)(CC)CO)C1CC1. The van der Waals surface area contributed by atoms with E-state index < -0.39 is 0 Å². The van der Waals surface area contributed by atoms with Crippen LogP contribution < -0.4 is 5.32 Å². The molecule has 0 amide bonds. The second kappa shape index (κ2) is 6.58. The molecule has 0 aromatic carbocycles. The van der Waals surface area contributed by atoms with Gasteiger partial charge in [-0.1, -0.05) is 20.8 Å². The van der Waals surface area contributed by atoms with Gasteiger partial charge in [0, 0.05) is 37.7 Å². The summed E-state index contributed by atoms with van der Waals surface area (Å²) in [5.74, 6) is 0. The van der Waals surface area contributed by atoms with Crippen LogP contribution in [0.25, 0.3) is 0 Å². The van der Waals surface area contributed by atoms with Gasteiger partial charge in [-0.3, -0.25) is 4.90 Å². The summed E-state index contributed by atoms with van der Waals surface area (Å²) in [6, 6.07) is 0.863. The molecular weight excluding hydrogens is 200 g/mol. The van der Waals surface area contributed by atoms with Crippen molar-refractivity contribution in [2.24, 2.45) is 5.41 Å². The van der Waals surface area contributed by atoms with Crippen molar-refractivity contribution in [2.75, 3.05) is 32.8 Å². The Bertz CT molecular complexity index is 188. The Morgan fingerprint density at radius 1 is 1.38 bits per heavy atom. The van der Waals surface area contributed by atoms with Crippen molar-refractivity contribution >= 4 is 0 Å². The summed E-state index contributed by atoms with van der Waals surface area (Å²) in [7, 11) is 0. The molecule has 16 heavy (non-hydrogen) atoms. The standard InChI is InChI=1S/C13H28N2O/c1-4-13(3,11-16)10-14-8-9-15(5-2)12-6-7-12/h12,14,16H,4-11H2,1-3H3. The Hall–Kier alpha value is -0.120. The number of hydrogen-bond acceptors (Lipinski definition) is 3. The second-order valence-electron chi connectivity index (χ2n) is 5.36. The third-order valence-electron chi connectivity index (χ3n) is 3.83. The maximum atomic E-state index is 9.29. The summed E-state index contributed by atoms with van der Waals surface area (Å²) in [6.07, 6.45) is 3.80. The normalized spacial score (nSPS) is 20.1. The van der Waals surface area contributed by atoms with Gasteiger partial charge in [-0.15, -0.1) is 0 Å². The number of aliphatic hydroxyl groups is 1. The number of rotatable bonds is 9. The van der Waals surface area contributed by atoms with Gasteiger partial charge in [0.2, 0.25) is 0 Å². The summed E-state index contributed by atoms with van der Waals surface area (Å²) < 4.78 is 0. The molecule has 1 rings (SSSR count). The largest absolute Gasteiger partial charge is 0.396 e. The highest BCUT2D eigenvalue weighted by Gasteiger charge is 2.27. The van der Waals surface area contributed by atoms with Crippen molar-refractivity contribution in [1.82, 2.24) is 10.2 Å². The van der Waals surface area contributed by atoms with E-state index in [0.717, 1.165) is 38.6 Å². The maximum absolute atomic E-state index is 9.29. The van der Waals surface area contributed by atoms with E-state index in [2.05, 4.69) is 31.0 Å². The van der Waals surface area contributed by atoms with Crippen LogP contribution in [-0.4, -0.2) is 48.8 Å². The van der Waals surface area contributed by atoms with Gasteiger partial charge in [0.15, 0.2) is 0 Å². The zero-order valence-electron chi connectivity index (χ0n) is 11.1. The summed E-state index contributed by atoms with van der Waals surface area (Å²) in [4.78, 5) is 2.55. The van der Waals surface area contributed by atoms with E-state index in [1.54, 1.807) is 0 Å². The molecule has 96 valence electrons. The van der Waals surface area contributed by atoms with Gasteiger partial charge in [0.05, 0.1) is 0 Å². The van der Waals surface area contributed by atoms with Crippen LogP contribution in [0.3, 0.4) is 0 Å². The predicted octanol–water partition coefficient (Wildman–Crippen LogP) is 1.47. The van der Waals surface area contributed by atoms with Crippen LogP contribution >= 0.6 is 0 Å². The minimum Gasteiger partial charge on any atom is -0.396 e. The molecule has 0 saturated heterocycles. The lowest BCUT2D eigenvalue weighted by atomic mass is 9.89. The Kier molecular flexibility index (Phi) is 5.73. The first kappa shape index (κ1) is 13.9. The smallest absolute Gasteiger partial charge is 0.0496 e. The first-order valence-corrected chi connectivity index (χ1v) is 6.71. The average Bonchev–Trinajstić information content (AvgIpc) is 3.13. The van der Waals surface area contributed by atoms with Crippen LogP contribution in [0.15, 0.2) is 0 Å². The number of likely N-dealkylation sites (N-methyl/N-ethyl adjacent to an activating group) is 1. The summed E-state index contributed by atoms with van der Waals surface area (Å²) >= 11 is 0. The number of nitrogens with zero attached hydrogens (tertiary/aromatic N) is 1. The van der Waals surface area contributed by atoms with Crippen molar-refractivity contribution < 1.29 is 5.11 Å². The number of nitrogens with one attached hydrogen (secondary N) is 1. The van der Waals surface area contributed by atoms with E-state index in [1.165, 1.54) is 12.8 Å². The summed E-state index contributed by atoms with van der Waals surface area (Å²) in [5, 5.41) is 12.8. The van der Waals surface area contributed by atoms with E-state index in [0.29, 0.717) is 0 Å². The molecule has 3 heteroatoms. The molecule has 1 aliphatic carbocycles. The second-order valence-corrected chi connectivity index (χ2v) is 5.36. The van der Waals surface area contributed by atoms with E-state index in [1.807, 2.05) is 0 Å². The Morgan fingerprint density at radius 3 is 2.50 bits per heavy atom. The lowest BCUT2D eigenvalue weighted by molar-refractivity contribution is 0.134. The van der Waals surface area contributed by atoms with Crippen molar-refractivity contribution in [3.8, 4) is 0 Å². The monoisotopic (exact) mass is 228 g/mol. The van der Waals surface area contributed by atoms with Crippen LogP contribution in [0, 0.1) is 5.41 Å². The minimum absolute atomic E-state index is 0.0522. The first-order valence-electron chi connectivity index (χ1n) is 6.71. The molecule has 0 spiro atoms. The molecule has 1 atom stereocenters. The average molecular weight is 228 g/mol. The van der Waals surface area contributed by atoms with Crippen LogP contribution in [0.2, 0.25) is 0 Å². The van der Waals surface area contributed by atoms with Gasteiger partial charge in [-0.05, 0) is 25.8 Å². The fourth-order valence-corrected chi connectivity index (χ4v) is 1.94. The fraction of sp³-hybridized carbons (Fsp3) is 1.00. The molecule has 1 saturated carbocycles. The molecular formula is C13H28N2O. The van der Waals surface area contributed by atoms with Gasteiger partial charge < -0.3 is 10.4 Å². The quantitative estimate of drug-likeness (QED) is 0.587. The number of hydrogen-bond donors (Lipinski definition) is 2. The molecule has 2 N–H and O–H groups in total. The lowest BCUT2D eigenvalue weighted by Gasteiger charge is -2.27. The molecule has 0 aliphatic heterocycles. The van der Waals surface area contributed by atoms with Gasteiger partial charge >= 0.3 is 0 Å². The topological polar surface area (TPSA) is 35.5 Å². The zero-order chi connectivity index (χ0) is 12.0. The van der Waals surface area contributed by atoms with Crippen LogP contribution in [0.4, 0.5) is 0 Å². The minimum atomic E-state index is 0.0522. The summed E-state index contributed by atoms with van der Waals surface area (Å²) in [5.41, 5.74) is 0.0522. The Labute approximate surface area is 100 Å². The highest BCUT2D eigenvalue weighted by molar-refractivity contribution is 4.84. The van der Waals surface area contributed by atoms with E-state index >= 15 is 0 Å². The molecule has 3 nitrogen and oxygen atoms in total. The summed E-state index contributed by atoms with van der Waals surface area (Å²) in [6.45, 7) is 11.1. The third-order valence-corrected chi connectivity index (χ3v) is 3.83. The van der Waals surface area contributed by atoms with Crippen LogP contribution in [-0.2, 0) is 0 Å². The zero-order valence-corrected chi connectivity index (χ0v) is 11.1. The molecule has 0 radical (unpaired) electrons. The highest BCUT2D eigenvalue weighted by atomic mass is 16.3. The molecule has 1 aliphatic rings. The number of aliphatic hydroxyl groups excluding tert-OH is 1. The Balaban J connectivity index is 2.10. The van der Waals surface area contributed by atoms with E-state index in [4.69, 9.17) is 0 Å². The fourth-order valence-electron chi connectivity index (χ4n) is 1.94. The van der Waals surface area contributed by atoms with Crippen LogP contribution in [0.1, 0.15) is 40.0 Å². The first-order chi connectivity index (χ1) is 7.65. The lowest BCUT2D eigenvalue weighted by Crippen LogP contribution is -2.39. The molecule has 0 bridgehead atoms. The Morgan fingerprint density at radius 2 is 2.06 bits per heavy atom. The van der Waals surface area contributed by atoms with E-state index in [9.17, 15) is 5.11 Å². The van der Waals surface area contributed by atoms with E-state index in [-0.39, 0.29) is 12.0 Å². The van der Waals surface area contributed by atoms with Gasteiger partial charge in [0.1, 0.15) is 0 Å². The molecule has 0 heterocycles. The van der Waals surface area contributed by atoms with Crippen molar-refractivity contribution in [1.29, 1.82) is 0 Å². The maximum Gasteiger partial charge on any atom is 0.0496 e. The van der Waals surface area contributed by atoms with Crippen molar-refractivity contribution in [3.05, 3.63) is 0 Å². The van der Waals surface area contributed by atoms with Crippen molar-refractivity contribution in [3.63, 3.8) is 0 Å². The van der Waals surface area contributed by atoms with Gasteiger partial charge in [0.25, 0.3) is 0 Å². The van der Waals surface area contributed by atoms with Crippen molar-refractivity contribution in [2.45, 2.75) is 46.1 Å². The van der Waals surface area contributed by atoms with Gasteiger partial charge in [-0.25, -0.2) is 0 Å². The molecule has 0 aromatic heterocycles. The predicted molar refractivity (Wildman–Crippen MR) is 68.6 cm³/mol. The third kappa shape index (κ3) is 4.40. The molecule has 0 aromatic rings. The van der Waals surface area contributed by atoms with Crippen LogP contribution in [0.5, 0.6) is 0 Å².